The molecular formula is C56H70O32. The van der Waals surface area contributed by atoms with E-state index in [0.29, 0.717) is 5.56 Å². The molecule has 5 heterocycles. The number of phenols is 2. The summed E-state index contributed by atoms with van der Waals surface area (Å²) >= 11 is 0. The molecule has 24 atom stereocenters. The van der Waals surface area contributed by atoms with Crippen LogP contribution >= 0.6 is 0 Å². The number of methoxy groups -OCH3 is 1. The van der Waals surface area contributed by atoms with Crippen molar-refractivity contribution in [3.63, 3.8) is 0 Å². The van der Waals surface area contributed by atoms with E-state index < -0.39 is 204 Å². The standard InChI is InChI=1S/C56H70O32/c1-76-29-17-25(9-14-28(29)63)11-15-35(64)77-23-56(50(39(68)32(20-59)87-56)86-51(75)26-5-3-2-4-6-26)88-55-49(85-53-44(73)41(70)38(67)31(19-58)79-53)48(47(34(22-61)81-55)82-36(65)16-10-24-7-12-27(62)13-8-24)84-54-45(74)42(71)46(33(21-60)80-54)83-52-43(72)40(69)37(66)30(18-57)78-52/h2-17,30-34,37-50,52-55,57-63,66-74H,18-23H2,1H3/b15-11+,16-10+/t30-,31-,32-,33-,34-,37-,38-,39-,40+,41+,42-,43-,44-,45-,46-,47-,48+,49-,50+,52+,53+,54-,55-,56+/m1/s1. The van der Waals surface area contributed by atoms with Crippen LogP contribution in [0.1, 0.15) is 21.5 Å². The van der Waals surface area contributed by atoms with Gasteiger partial charge in [0.2, 0.25) is 5.79 Å². The molecule has 486 valence electrons. The summed E-state index contributed by atoms with van der Waals surface area (Å²) in [6.45, 7) is -6.66. The Morgan fingerprint density at radius 2 is 1.00 bits per heavy atom. The highest BCUT2D eigenvalue weighted by Gasteiger charge is 2.64. The van der Waals surface area contributed by atoms with Crippen LogP contribution < -0.4 is 4.74 Å². The molecule has 32 heteroatoms. The van der Waals surface area contributed by atoms with E-state index in [4.69, 9.17) is 61.6 Å². The van der Waals surface area contributed by atoms with Gasteiger partial charge in [-0.15, -0.1) is 0 Å². The number of ether oxygens (including phenoxy) is 13. The fourth-order valence-corrected chi connectivity index (χ4v) is 10.2. The van der Waals surface area contributed by atoms with Crippen LogP contribution in [0.4, 0.5) is 0 Å². The van der Waals surface area contributed by atoms with Crippen molar-refractivity contribution in [3.8, 4) is 17.2 Å². The fraction of sp³-hybridized carbons (Fsp3) is 0.554. The third-order valence-corrected chi connectivity index (χ3v) is 15.0. The van der Waals surface area contributed by atoms with Gasteiger partial charge in [0, 0.05) is 12.2 Å². The summed E-state index contributed by atoms with van der Waals surface area (Å²) in [5, 5.41) is 173. The van der Waals surface area contributed by atoms with Crippen molar-refractivity contribution < 1.29 is 158 Å². The average Bonchev–Trinajstić information content (AvgIpc) is 1.44. The lowest BCUT2D eigenvalue weighted by molar-refractivity contribution is -0.423. The Balaban J connectivity index is 1.23. The Kier molecular flexibility index (Phi) is 23.3. The summed E-state index contributed by atoms with van der Waals surface area (Å²) in [5.41, 5.74) is 0.482. The van der Waals surface area contributed by atoms with Gasteiger partial charge in [0.25, 0.3) is 0 Å². The molecule has 3 aromatic rings. The summed E-state index contributed by atoms with van der Waals surface area (Å²) in [4.78, 5) is 41.8. The van der Waals surface area contributed by atoms with Crippen LogP contribution in [0.2, 0.25) is 0 Å². The first-order chi connectivity index (χ1) is 42.1. The second-order valence-electron chi connectivity index (χ2n) is 20.8. The van der Waals surface area contributed by atoms with Crippen molar-refractivity contribution >= 4 is 30.1 Å². The quantitative estimate of drug-likeness (QED) is 0.0239. The van der Waals surface area contributed by atoms with Crippen LogP contribution in [0.5, 0.6) is 17.2 Å². The van der Waals surface area contributed by atoms with E-state index in [9.17, 15) is 96.1 Å². The zero-order valence-electron chi connectivity index (χ0n) is 46.4. The second kappa shape index (κ2) is 30.2. The molecule has 0 spiro atoms. The Morgan fingerprint density at radius 3 is 1.58 bits per heavy atom. The molecule has 0 bridgehead atoms. The molecule has 5 aliphatic heterocycles. The van der Waals surface area contributed by atoms with E-state index in [1.54, 1.807) is 6.07 Å². The van der Waals surface area contributed by atoms with Gasteiger partial charge in [-0.05, 0) is 59.7 Å². The summed E-state index contributed by atoms with van der Waals surface area (Å²) in [7, 11) is 1.28. The largest absolute Gasteiger partial charge is 0.508 e. The van der Waals surface area contributed by atoms with E-state index in [2.05, 4.69) is 0 Å². The number of carbonyl (C=O) groups excluding carboxylic acids is 3. The zero-order chi connectivity index (χ0) is 63.7. The van der Waals surface area contributed by atoms with Crippen molar-refractivity contribution in [2.45, 2.75) is 147 Å². The Morgan fingerprint density at radius 1 is 0.500 bits per heavy atom. The first-order valence-corrected chi connectivity index (χ1v) is 27.4. The van der Waals surface area contributed by atoms with Gasteiger partial charge >= 0.3 is 17.9 Å². The normalized spacial score (nSPS) is 37.8. The van der Waals surface area contributed by atoms with E-state index >= 15 is 0 Å². The van der Waals surface area contributed by atoms with Crippen LogP contribution in [0.25, 0.3) is 12.2 Å². The fourth-order valence-electron chi connectivity index (χ4n) is 10.2. The van der Waals surface area contributed by atoms with Gasteiger partial charge in [0.1, 0.15) is 116 Å². The number of hydrogen-bond acceptors (Lipinski definition) is 32. The molecule has 88 heavy (non-hydrogen) atoms. The first kappa shape index (κ1) is 68.0. The molecule has 0 amide bonds. The van der Waals surface area contributed by atoms with Gasteiger partial charge < -0.3 is 143 Å². The molecule has 3 aromatic carbocycles. The molecule has 0 unspecified atom stereocenters. The van der Waals surface area contributed by atoms with Crippen molar-refractivity contribution in [1.82, 2.24) is 0 Å². The lowest BCUT2D eigenvalue weighted by Gasteiger charge is -2.51. The van der Waals surface area contributed by atoms with Crippen molar-refractivity contribution in [2.24, 2.45) is 0 Å². The monoisotopic (exact) mass is 1250 g/mol. The molecule has 0 saturated carbocycles. The summed E-state index contributed by atoms with van der Waals surface area (Å²) in [6.07, 6.45) is -44.1. The molecule has 5 saturated heterocycles. The van der Waals surface area contributed by atoms with Crippen LogP contribution in [-0.2, 0) is 66.4 Å². The molecule has 5 fully saturated rings. The number of benzene rings is 3. The summed E-state index contributed by atoms with van der Waals surface area (Å²) < 4.78 is 77.0. The Bertz CT molecular complexity index is 2800. The van der Waals surface area contributed by atoms with Gasteiger partial charge in [-0.1, -0.05) is 36.4 Å². The van der Waals surface area contributed by atoms with E-state index in [0.717, 1.165) is 12.2 Å². The number of phenolic OH excluding ortho intramolecular Hbond substituents is 2. The van der Waals surface area contributed by atoms with Crippen molar-refractivity contribution in [3.05, 3.63) is 102 Å². The second-order valence-corrected chi connectivity index (χ2v) is 20.8. The maximum absolute atomic E-state index is 14.0. The number of aliphatic hydroxyl groups excluding tert-OH is 14. The molecule has 8 rings (SSSR count). The minimum absolute atomic E-state index is 0.0207. The maximum Gasteiger partial charge on any atom is 0.338 e. The summed E-state index contributed by atoms with van der Waals surface area (Å²) in [5.74, 6) is -6.96. The number of aromatic hydroxyl groups is 2. The van der Waals surface area contributed by atoms with Crippen LogP contribution in [-0.4, -0.2) is 293 Å². The number of aliphatic hydroxyl groups is 14. The topological polar surface area (TPSA) is 495 Å². The predicted molar refractivity (Wildman–Crippen MR) is 285 cm³/mol. The van der Waals surface area contributed by atoms with Crippen molar-refractivity contribution in [2.75, 3.05) is 46.8 Å². The smallest absolute Gasteiger partial charge is 0.338 e. The van der Waals surface area contributed by atoms with Crippen LogP contribution in [0, 0.1) is 0 Å². The first-order valence-electron chi connectivity index (χ1n) is 27.4. The van der Waals surface area contributed by atoms with Crippen molar-refractivity contribution in [1.29, 1.82) is 0 Å². The van der Waals surface area contributed by atoms with Gasteiger partial charge in [-0.2, -0.15) is 0 Å². The van der Waals surface area contributed by atoms with E-state index in [1.807, 2.05) is 0 Å². The molecule has 5 aliphatic rings. The highest BCUT2D eigenvalue weighted by Crippen LogP contribution is 2.43. The molecule has 0 radical (unpaired) electrons. The predicted octanol–water partition coefficient (Wildman–Crippen LogP) is -6.11. The van der Waals surface area contributed by atoms with Gasteiger partial charge in [-0.25, -0.2) is 14.4 Å². The number of rotatable bonds is 23. The summed E-state index contributed by atoms with van der Waals surface area (Å²) in [6, 6.07) is 16.5. The molecular weight excluding hydrogens is 1180 g/mol. The van der Waals surface area contributed by atoms with Crippen LogP contribution in [0.3, 0.4) is 0 Å². The zero-order valence-corrected chi connectivity index (χ0v) is 46.4. The van der Waals surface area contributed by atoms with Gasteiger partial charge in [-0.3, -0.25) is 0 Å². The van der Waals surface area contributed by atoms with E-state index in [-0.39, 0.29) is 28.4 Å². The minimum atomic E-state index is -2.96. The third-order valence-electron chi connectivity index (χ3n) is 15.0. The average molecular weight is 1260 g/mol. The number of hydrogen-bond donors (Lipinski definition) is 16. The molecule has 0 aliphatic carbocycles. The minimum Gasteiger partial charge on any atom is -0.508 e. The van der Waals surface area contributed by atoms with Gasteiger partial charge in [0.15, 0.2) is 48.9 Å². The lowest BCUT2D eigenvalue weighted by Crippen LogP contribution is -2.69. The molecule has 0 aromatic heterocycles. The van der Waals surface area contributed by atoms with E-state index in [1.165, 1.54) is 86.0 Å². The lowest BCUT2D eigenvalue weighted by atomic mass is 9.95. The van der Waals surface area contributed by atoms with Crippen LogP contribution in [0.15, 0.2) is 84.9 Å². The molecule has 16 N–H and O–H groups in total. The Hall–Kier alpha value is -5.97. The highest BCUT2D eigenvalue weighted by atomic mass is 16.8. The number of esters is 3. The van der Waals surface area contributed by atoms with Gasteiger partial charge in [0.05, 0.1) is 45.7 Å². The molecule has 32 nitrogen and oxygen atoms in total. The SMILES string of the molecule is COc1cc(/C=C/C(=O)OC[C@@]2(O[C@H]3O[C@H](CO)[C@@H](OC(=O)/C=C/c4ccc(O)cc4)[C@H](O[C@H]4O[C@H](CO)[C@@H](O[C@@H]5O[C@H](CO)[C@@H](O)[C@H](O)[C@H]5O)[C@H](O)[C@H]4O)[C@H]3O[C@@H]3O[C@H](CO)[C@@H](O)[C@H](O)[C@H]3O)O[C@H](CO)[C@@H](O)[C@@H]2OC(=O)c2ccccc2)ccc1O. The third kappa shape index (κ3) is 15.3. The Labute approximate surface area is 499 Å². The maximum atomic E-state index is 14.0. The number of carbonyl (C=O) groups is 3. The highest BCUT2D eigenvalue weighted by molar-refractivity contribution is 5.90.